The molecule has 0 fully saturated rings. The summed E-state index contributed by atoms with van der Waals surface area (Å²) in [5.74, 6) is 0.316. The van der Waals surface area contributed by atoms with Crippen molar-refractivity contribution in [2.24, 2.45) is 0 Å². The first kappa shape index (κ1) is 24.6. The molecule has 1 unspecified atom stereocenters. The molecule has 0 radical (unpaired) electrons. The van der Waals surface area contributed by atoms with E-state index in [-0.39, 0.29) is 17.5 Å². The Kier molecular flexibility index (Phi) is 9.18. The molecule has 33 heavy (non-hydrogen) atoms. The summed E-state index contributed by atoms with van der Waals surface area (Å²) in [6.07, 6.45) is 5.19. The van der Waals surface area contributed by atoms with Crippen molar-refractivity contribution in [3.63, 3.8) is 0 Å². The highest BCUT2D eigenvalue weighted by molar-refractivity contribution is 5.88. The molecule has 0 spiro atoms. The van der Waals surface area contributed by atoms with E-state index in [1.54, 1.807) is 0 Å². The molecule has 0 aromatic heterocycles. The molecular weight excluding hydrogens is 404 g/mol. The van der Waals surface area contributed by atoms with Gasteiger partial charge in [-0.15, -0.1) is 0 Å². The highest BCUT2D eigenvalue weighted by Gasteiger charge is 2.18. The first-order valence-corrected chi connectivity index (χ1v) is 12.2. The predicted octanol–water partition coefficient (Wildman–Crippen LogP) is 7.80. The van der Waals surface area contributed by atoms with Gasteiger partial charge in [0.05, 0.1) is 0 Å². The van der Waals surface area contributed by atoms with Gasteiger partial charge >= 0.3 is 0 Å². The molecular formula is C31H36O2. The number of carbonyl (C=O) groups excluding carboxylic acids is 2. The van der Waals surface area contributed by atoms with Crippen molar-refractivity contribution in [2.45, 2.75) is 71.6 Å². The molecule has 3 aromatic carbocycles. The van der Waals surface area contributed by atoms with Crippen LogP contribution in [-0.2, 0) is 16.0 Å². The highest BCUT2D eigenvalue weighted by Crippen LogP contribution is 2.30. The lowest BCUT2D eigenvalue weighted by molar-refractivity contribution is -0.121. The van der Waals surface area contributed by atoms with Crippen molar-refractivity contribution in [2.75, 3.05) is 0 Å². The average molecular weight is 441 g/mol. The Labute approximate surface area is 199 Å². The number of Topliss-reactive ketones (excluding diaryl/α,β-unsaturated/α-hetero) is 2. The summed E-state index contributed by atoms with van der Waals surface area (Å²) in [5.41, 5.74) is 7.30. The van der Waals surface area contributed by atoms with Gasteiger partial charge in [0.2, 0.25) is 0 Å². The van der Waals surface area contributed by atoms with Crippen LogP contribution in [0.15, 0.2) is 72.8 Å². The minimum absolute atomic E-state index is 0.172. The fourth-order valence-corrected chi connectivity index (χ4v) is 4.44. The van der Waals surface area contributed by atoms with E-state index in [1.165, 1.54) is 16.7 Å². The number of hydrogen-bond donors (Lipinski definition) is 0. The average Bonchev–Trinajstić information content (AvgIpc) is 2.84. The SMILES string of the molecule is Cc1ccc(C)c(CCCCC(=O)CCCC(=O)C(C)c2ccccc2-c2ccccc2)c1. The summed E-state index contributed by atoms with van der Waals surface area (Å²) in [7, 11) is 0. The van der Waals surface area contributed by atoms with E-state index in [9.17, 15) is 9.59 Å². The normalized spacial score (nSPS) is 11.8. The molecule has 2 heteroatoms. The number of carbonyl (C=O) groups is 2. The number of rotatable bonds is 12. The lowest BCUT2D eigenvalue weighted by Crippen LogP contribution is -2.11. The monoisotopic (exact) mass is 440 g/mol. The van der Waals surface area contributed by atoms with Crippen LogP contribution >= 0.6 is 0 Å². The second kappa shape index (κ2) is 12.3. The van der Waals surface area contributed by atoms with Gasteiger partial charge in [0.15, 0.2) is 0 Å². The zero-order valence-corrected chi connectivity index (χ0v) is 20.3. The smallest absolute Gasteiger partial charge is 0.140 e. The van der Waals surface area contributed by atoms with Crippen LogP contribution < -0.4 is 0 Å². The largest absolute Gasteiger partial charge is 0.300 e. The van der Waals surface area contributed by atoms with Gasteiger partial charge in [-0.05, 0) is 67.3 Å². The fraction of sp³-hybridized carbons (Fsp3) is 0.355. The fourth-order valence-electron chi connectivity index (χ4n) is 4.44. The maximum atomic E-state index is 12.9. The lowest BCUT2D eigenvalue weighted by atomic mass is 9.87. The first-order valence-electron chi connectivity index (χ1n) is 12.2. The Hall–Kier alpha value is -3.00. The molecule has 3 rings (SSSR count). The first-order chi connectivity index (χ1) is 16.0. The molecule has 0 aliphatic carbocycles. The van der Waals surface area contributed by atoms with Crippen LogP contribution in [0.2, 0.25) is 0 Å². The molecule has 0 saturated heterocycles. The van der Waals surface area contributed by atoms with Crippen molar-refractivity contribution in [3.8, 4) is 11.1 Å². The van der Waals surface area contributed by atoms with Crippen molar-refractivity contribution in [1.29, 1.82) is 0 Å². The second-order valence-electron chi connectivity index (χ2n) is 9.17. The van der Waals surface area contributed by atoms with Crippen LogP contribution in [0.5, 0.6) is 0 Å². The Morgan fingerprint density at radius 1 is 0.758 bits per heavy atom. The van der Waals surface area contributed by atoms with Crippen molar-refractivity contribution < 1.29 is 9.59 Å². The van der Waals surface area contributed by atoms with Gasteiger partial charge in [0, 0.05) is 25.2 Å². The van der Waals surface area contributed by atoms with Gasteiger partial charge in [-0.3, -0.25) is 9.59 Å². The van der Waals surface area contributed by atoms with E-state index in [0.717, 1.165) is 36.0 Å². The van der Waals surface area contributed by atoms with Crippen LogP contribution in [0.3, 0.4) is 0 Å². The van der Waals surface area contributed by atoms with E-state index in [2.05, 4.69) is 50.2 Å². The molecule has 3 aromatic rings. The molecule has 0 amide bonds. The van der Waals surface area contributed by atoms with Gasteiger partial charge in [-0.2, -0.15) is 0 Å². The van der Waals surface area contributed by atoms with Crippen LogP contribution in [0.25, 0.3) is 11.1 Å². The maximum absolute atomic E-state index is 12.9. The highest BCUT2D eigenvalue weighted by atomic mass is 16.1. The quantitative estimate of drug-likeness (QED) is 0.269. The Bertz CT molecular complexity index is 1070. The summed E-state index contributed by atoms with van der Waals surface area (Å²) in [5, 5.41) is 0. The Morgan fingerprint density at radius 3 is 2.24 bits per heavy atom. The van der Waals surface area contributed by atoms with Crippen molar-refractivity contribution >= 4 is 11.6 Å². The summed E-state index contributed by atoms with van der Waals surface area (Å²) in [4.78, 5) is 25.2. The molecule has 0 aliphatic rings. The topological polar surface area (TPSA) is 34.1 Å². The van der Waals surface area contributed by atoms with E-state index in [0.29, 0.717) is 25.7 Å². The van der Waals surface area contributed by atoms with E-state index in [4.69, 9.17) is 0 Å². The summed E-state index contributed by atoms with van der Waals surface area (Å²) in [6.45, 7) is 6.25. The summed E-state index contributed by atoms with van der Waals surface area (Å²) in [6, 6.07) is 24.9. The molecule has 0 aliphatic heterocycles. The third-order valence-corrected chi connectivity index (χ3v) is 6.53. The molecule has 172 valence electrons. The molecule has 1 atom stereocenters. The maximum Gasteiger partial charge on any atom is 0.140 e. The van der Waals surface area contributed by atoms with Crippen molar-refractivity contribution in [1.82, 2.24) is 0 Å². The molecule has 0 N–H and O–H groups in total. The van der Waals surface area contributed by atoms with E-state index in [1.807, 2.05) is 43.3 Å². The zero-order valence-electron chi connectivity index (χ0n) is 20.3. The Morgan fingerprint density at radius 2 is 1.45 bits per heavy atom. The number of unbranched alkanes of at least 4 members (excludes halogenated alkanes) is 1. The lowest BCUT2D eigenvalue weighted by Gasteiger charge is -2.16. The predicted molar refractivity (Wildman–Crippen MR) is 138 cm³/mol. The molecule has 0 heterocycles. The van der Waals surface area contributed by atoms with Crippen LogP contribution in [0.4, 0.5) is 0 Å². The summed E-state index contributed by atoms with van der Waals surface area (Å²) >= 11 is 0. The van der Waals surface area contributed by atoms with E-state index < -0.39 is 0 Å². The van der Waals surface area contributed by atoms with Gasteiger partial charge < -0.3 is 0 Å². The number of benzene rings is 3. The number of aryl methyl sites for hydroxylation is 3. The van der Waals surface area contributed by atoms with Gasteiger partial charge in [-0.25, -0.2) is 0 Å². The van der Waals surface area contributed by atoms with Gasteiger partial charge in [-0.1, -0.05) is 85.3 Å². The van der Waals surface area contributed by atoms with Gasteiger partial charge in [0.1, 0.15) is 11.6 Å². The van der Waals surface area contributed by atoms with Crippen LogP contribution in [0.1, 0.15) is 73.6 Å². The molecule has 0 saturated carbocycles. The van der Waals surface area contributed by atoms with Crippen LogP contribution in [0, 0.1) is 13.8 Å². The van der Waals surface area contributed by atoms with E-state index >= 15 is 0 Å². The summed E-state index contributed by atoms with van der Waals surface area (Å²) < 4.78 is 0. The molecule has 0 bridgehead atoms. The minimum atomic E-state index is -0.172. The standard InChI is InChI=1S/C31H36O2/c1-23-20-21-24(2)27(22-23)14-7-8-15-28(32)16-11-19-31(33)25(3)29-17-9-10-18-30(29)26-12-5-4-6-13-26/h4-6,9-10,12-13,17-18,20-22,25H,7-8,11,14-16,19H2,1-3H3. The third kappa shape index (κ3) is 7.25. The zero-order chi connectivity index (χ0) is 23.6. The number of hydrogen-bond acceptors (Lipinski definition) is 2. The van der Waals surface area contributed by atoms with Gasteiger partial charge in [0.25, 0.3) is 0 Å². The number of ketones is 2. The van der Waals surface area contributed by atoms with Crippen molar-refractivity contribution in [3.05, 3.63) is 95.1 Å². The second-order valence-corrected chi connectivity index (χ2v) is 9.17. The molecule has 2 nitrogen and oxygen atoms in total. The Balaban J connectivity index is 1.42. The van der Waals surface area contributed by atoms with Crippen LogP contribution in [-0.4, -0.2) is 11.6 Å². The minimum Gasteiger partial charge on any atom is -0.300 e. The third-order valence-electron chi connectivity index (χ3n) is 6.53.